The molecule has 1 aromatic heterocycles. The Labute approximate surface area is 166 Å². The van der Waals surface area contributed by atoms with Crippen molar-refractivity contribution in [1.29, 1.82) is 0 Å². The van der Waals surface area contributed by atoms with E-state index in [0.717, 1.165) is 5.56 Å². The Bertz CT molecular complexity index is 919. The van der Waals surface area contributed by atoms with Gasteiger partial charge in [-0.15, -0.1) is 0 Å². The minimum absolute atomic E-state index is 0.117. The summed E-state index contributed by atoms with van der Waals surface area (Å²) in [4.78, 5) is 26.5. The molecular formula is C19H17N3O3S2. The number of hydrogen-bond donors (Lipinski definition) is 1. The number of aromatic nitrogens is 1. The van der Waals surface area contributed by atoms with Gasteiger partial charge in [-0.1, -0.05) is 71.6 Å². The number of thiocarbonyl (C=S) groups is 1. The molecule has 2 heterocycles. The average molecular weight is 399 g/mol. The van der Waals surface area contributed by atoms with Gasteiger partial charge in [-0.3, -0.25) is 14.5 Å². The van der Waals surface area contributed by atoms with Gasteiger partial charge in [0.2, 0.25) is 5.91 Å². The maximum atomic E-state index is 12.5. The Hall–Kier alpha value is -2.71. The Morgan fingerprint density at radius 1 is 1.37 bits per heavy atom. The van der Waals surface area contributed by atoms with Crippen LogP contribution in [0.25, 0.3) is 6.08 Å². The third-order valence-electron chi connectivity index (χ3n) is 3.67. The van der Waals surface area contributed by atoms with Gasteiger partial charge in [-0.25, -0.2) is 0 Å². The van der Waals surface area contributed by atoms with Crippen molar-refractivity contribution in [2.45, 2.75) is 13.3 Å². The number of thioether (sulfide) groups is 1. The topological polar surface area (TPSA) is 75.4 Å². The van der Waals surface area contributed by atoms with Gasteiger partial charge in [-0.05, 0) is 18.6 Å². The van der Waals surface area contributed by atoms with Crippen molar-refractivity contribution >= 4 is 52.0 Å². The van der Waals surface area contributed by atoms with Gasteiger partial charge < -0.3 is 9.84 Å². The first-order chi connectivity index (χ1) is 13.0. The van der Waals surface area contributed by atoms with Crippen LogP contribution in [0.15, 0.2) is 58.0 Å². The second-order valence-electron chi connectivity index (χ2n) is 5.75. The molecule has 0 saturated carbocycles. The largest absolute Gasteiger partial charge is 0.360 e. The molecule has 0 unspecified atom stereocenters. The van der Waals surface area contributed by atoms with Crippen LogP contribution in [0.4, 0.5) is 5.82 Å². The summed E-state index contributed by atoms with van der Waals surface area (Å²) in [7, 11) is 0. The fourth-order valence-corrected chi connectivity index (χ4v) is 3.62. The van der Waals surface area contributed by atoms with E-state index in [1.54, 1.807) is 19.1 Å². The van der Waals surface area contributed by atoms with E-state index in [1.807, 2.05) is 42.5 Å². The smallest absolute Gasteiger partial charge is 0.266 e. The summed E-state index contributed by atoms with van der Waals surface area (Å²) in [5.41, 5.74) is 1.05. The lowest BCUT2D eigenvalue weighted by Gasteiger charge is -2.13. The van der Waals surface area contributed by atoms with Crippen LogP contribution in [0, 0.1) is 6.92 Å². The molecule has 3 rings (SSSR count). The Morgan fingerprint density at radius 3 is 2.85 bits per heavy atom. The summed E-state index contributed by atoms with van der Waals surface area (Å²) in [5.74, 6) is 0.517. The van der Waals surface area contributed by atoms with Gasteiger partial charge in [0.05, 0.1) is 4.91 Å². The molecule has 1 saturated heterocycles. The minimum Gasteiger partial charge on any atom is -0.360 e. The number of hydrogen-bond acceptors (Lipinski definition) is 6. The van der Waals surface area contributed by atoms with Crippen LogP contribution in [-0.4, -0.2) is 32.7 Å². The zero-order valence-corrected chi connectivity index (χ0v) is 16.2. The van der Waals surface area contributed by atoms with Crippen LogP contribution in [0.1, 0.15) is 17.7 Å². The van der Waals surface area contributed by atoms with Gasteiger partial charge in [0.25, 0.3) is 5.91 Å². The molecule has 1 aromatic carbocycles. The molecule has 6 nitrogen and oxygen atoms in total. The van der Waals surface area contributed by atoms with Crippen LogP contribution < -0.4 is 5.32 Å². The number of benzene rings is 1. The highest BCUT2D eigenvalue weighted by molar-refractivity contribution is 8.26. The fraction of sp³-hybridized carbons (Fsp3) is 0.158. The normalized spacial score (nSPS) is 15.9. The molecule has 1 aliphatic heterocycles. The van der Waals surface area contributed by atoms with E-state index < -0.39 is 0 Å². The third kappa shape index (κ3) is 5.15. The number of aryl methyl sites for hydroxylation is 1. The lowest BCUT2D eigenvalue weighted by Crippen LogP contribution is -2.31. The van der Waals surface area contributed by atoms with Crippen molar-refractivity contribution in [3.63, 3.8) is 0 Å². The summed E-state index contributed by atoms with van der Waals surface area (Å²) < 4.78 is 5.34. The van der Waals surface area contributed by atoms with Crippen molar-refractivity contribution in [2.24, 2.45) is 0 Å². The second kappa shape index (κ2) is 8.79. The molecule has 0 spiro atoms. The molecular weight excluding hydrogens is 382 g/mol. The molecule has 8 heteroatoms. The van der Waals surface area contributed by atoms with E-state index in [-0.39, 0.29) is 24.8 Å². The number of nitrogens with one attached hydrogen (secondary N) is 1. The lowest BCUT2D eigenvalue weighted by molar-refractivity contribution is -0.122. The number of amides is 2. The molecule has 0 radical (unpaired) electrons. The molecule has 2 aromatic rings. The number of rotatable bonds is 6. The predicted molar refractivity (Wildman–Crippen MR) is 110 cm³/mol. The van der Waals surface area contributed by atoms with E-state index in [2.05, 4.69) is 10.5 Å². The SMILES string of the molecule is Cc1cc(NC(=O)CCN2C(=O)/C(=C/C=C/c3ccccc3)SC2=S)no1. The molecule has 0 aliphatic carbocycles. The highest BCUT2D eigenvalue weighted by Crippen LogP contribution is 2.31. The maximum Gasteiger partial charge on any atom is 0.266 e. The average Bonchev–Trinajstić information content (AvgIpc) is 3.17. The van der Waals surface area contributed by atoms with Gasteiger partial charge in [0.15, 0.2) is 5.82 Å². The zero-order chi connectivity index (χ0) is 19.2. The van der Waals surface area contributed by atoms with Crippen molar-refractivity contribution < 1.29 is 14.1 Å². The molecule has 0 atom stereocenters. The highest BCUT2D eigenvalue weighted by atomic mass is 32.2. The van der Waals surface area contributed by atoms with Crippen LogP contribution >= 0.6 is 24.0 Å². The standard InChI is InChI=1S/C19H17N3O3S2/c1-13-12-16(21-25-13)20-17(23)10-11-22-18(24)15(27-19(22)26)9-5-8-14-6-3-2-4-7-14/h2-9,12H,10-11H2,1H3,(H,20,21,23)/b8-5+,15-9-. The van der Waals surface area contributed by atoms with E-state index in [0.29, 0.717) is 20.8 Å². The van der Waals surface area contributed by atoms with Gasteiger partial charge in [0, 0.05) is 19.0 Å². The van der Waals surface area contributed by atoms with Gasteiger partial charge in [0.1, 0.15) is 10.1 Å². The molecule has 1 fully saturated rings. The van der Waals surface area contributed by atoms with Gasteiger partial charge in [-0.2, -0.15) is 0 Å². The number of nitrogens with zero attached hydrogens (tertiary/aromatic N) is 2. The van der Waals surface area contributed by atoms with Crippen molar-refractivity contribution in [3.05, 3.63) is 64.8 Å². The van der Waals surface area contributed by atoms with Crippen molar-refractivity contribution in [1.82, 2.24) is 10.1 Å². The van der Waals surface area contributed by atoms with E-state index in [4.69, 9.17) is 16.7 Å². The quantitative estimate of drug-likeness (QED) is 0.589. The first-order valence-corrected chi connectivity index (χ1v) is 9.45. The number of carbonyl (C=O) groups is 2. The van der Waals surface area contributed by atoms with Crippen LogP contribution in [-0.2, 0) is 9.59 Å². The molecule has 0 bridgehead atoms. The number of carbonyl (C=O) groups excluding carboxylic acids is 2. The maximum absolute atomic E-state index is 12.5. The van der Waals surface area contributed by atoms with E-state index in [1.165, 1.54) is 16.7 Å². The highest BCUT2D eigenvalue weighted by Gasteiger charge is 2.31. The van der Waals surface area contributed by atoms with E-state index in [9.17, 15) is 9.59 Å². The molecule has 1 N–H and O–H groups in total. The summed E-state index contributed by atoms with van der Waals surface area (Å²) in [5, 5.41) is 6.32. The molecule has 138 valence electrons. The first kappa shape index (κ1) is 19.1. The van der Waals surface area contributed by atoms with E-state index >= 15 is 0 Å². The second-order valence-corrected chi connectivity index (χ2v) is 7.42. The molecule has 2 amide bonds. The van der Waals surface area contributed by atoms with Gasteiger partial charge >= 0.3 is 0 Å². The number of anilines is 1. The third-order valence-corrected chi connectivity index (χ3v) is 5.06. The predicted octanol–water partition coefficient (Wildman–Crippen LogP) is 3.77. The summed E-state index contributed by atoms with van der Waals surface area (Å²) >= 11 is 6.50. The zero-order valence-electron chi connectivity index (χ0n) is 14.5. The Balaban J connectivity index is 1.55. The molecule has 1 aliphatic rings. The van der Waals surface area contributed by atoms with Crippen molar-refractivity contribution in [2.75, 3.05) is 11.9 Å². The Morgan fingerprint density at radius 2 is 2.15 bits per heavy atom. The van der Waals surface area contributed by atoms with Crippen LogP contribution in [0.2, 0.25) is 0 Å². The first-order valence-electron chi connectivity index (χ1n) is 8.23. The van der Waals surface area contributed by atoms with Crippen LogP contribution in [0.5, 0.6) is 0 Å². The Kier molecular flexibility index (Phi) is 6.20. The summed E-state index contributed by atoms with van der Waals surface area (Å²) in [6, 6.07) is 11.4. The fourth-order valence-electron chi connectivity index (χ4n) is 2.36. The van der Waals surface area contributed by atoms with Crippen molar-refractivity contribution in [3.8, 4) is 0 Å². The number of allylic oxidation sites excluding steroid dienone is 2. The summed E-state index contributed by atoms with van der Waals surface area (Å²) in [6.45, 7) is 1.95. The molecule has 27 heavy (non-hydrogen) atoms. The minimum atomic E-state index is -0.259. The van der Waals surface area contributed by atoms with Crippen LogP contribution in [0.3, 0.4) is 0 Å². The monoisotopic (exact) mass is 399 g/mol. The lowest BCUT2D eigenvalue weighted by atomic mass is 10.2. The summed E-state index contributed by atoms with van der Waals surface area (Å²) in [6.07, 6.45) is 5.59.